The molecule has 3 rings (SSSR count). The number of amides is 2. The Balaban J connectivity index is 1.59. The zero-order chi connectivity index (χ0) is 24.1. The fourth-order valence-electron chi connectivity index (χ4n) is 3.82. The van der Waals surface area contributed by atoms with Gasteiger partial charge in [0.15, 0.2) is 11.5 Å². The lowest BCUT2D eigenvalue weighted by atomic mass is 9.88. The number of rotatable bonds is 9. The maximum atomic E-state index is 13.1. The number of nitrogens with one attached hydrogen (secondary N) is 3. The Morgan fingerprint density at radius 2 is 2.06 bits per heavy atom. The molecule has 3 N–H and O–H groups in total. The number of fused-ring (bicyclic) bond motifs is 1. The molecule has 0 aromatic carbocycles. The normalized spacial score (nSPS) is 16.7. The van der Waals surface area contributed by atoms with E-state index in [2.05, 4.69) is 45.6 Å². The first-order valence-electron chi connectivity index (χ1n) is 11.2. The second-order valence-electron chi connectivity index (χ2n) is 9.71. The van der Waals surface area contributed by atoms with Gasteiger partial charge in [0.05, 0.1) is 12.6 Å². The van der Waals surface area contributed by atoms with Gasteiger partial charge in [0.1, 0.15) is 12.2 Å². The van der Waals surface area contributed by atoms with Gasteiger partial charge in [0.25, 0.3) is 0 Å². The number of piperidine rings is 1. The van der Waals surface area contributed by atoms with Crippen LogP contribution in [0.4, 0.5) is 23.8 Å². The summed E-state index contributed by atoms with van der Waals surface area (Å²) in [6, 6.07) is 1.12. The van der Waals surface area contributed by atoms with Gasteiger partial charge in [-0.3, -0.25) is 5.32 Å². The molecule has 3 heterocycles. The number of hydrogen-bond acceptors (Lipinski definition) is 5. The fraction of sp³-hybridized carbons (Fsp3) is 0.667. The number of anilines is 1. The minimum atomic E-state index is -4.36. The molecule has 1 unspecified atom stereocenters. The van der Waals surface area contributed by atoms with E-state index in [9.17, 15) is 18.0 Å². The van der Waals surface area contributed by atoms with Crippen LogP contribution < -0.4 is 16.0 Å². The first kappa shape index (κ1) is 25.4. The molecule has 2 amide bonds. The number of aromatic nitrogens is 3. The fourth-order valence-corrected chi connectivity index (χ4v) is 4.58. The quantitative estimate of drug-likeness (QED) is 0.365. The number of halogens is 3. The van der Waals surface area contributed by atoms with Crippen LogP contribution in [-0.2, 0) is 11.5 Å². The van der Waals surface area contributed by atoms with E-state index in [4.69, 9.17) is 4.74 Å². The van der Waals surface area contributed by atoms with Gasteiger partial charge in [0, 0.05) is 26.9 Å². The standard InChI is InChI=1S/C21H33F3N6O2Si/c1-33(2,3)11-10-32-14-30-9-6-16-19(30)26-13-18(27-16)29-20(31)28-17(12-21(22,23)24)15-4-7-25-8-5-15/h6,9,13,15,17,25H,4-5,7-8,10-12,14H2,1-3H3,(H2,27,28,29,31). The second-order valence-corrected chi connectivity index (χ2v) is 15.3. The van der Waals surface area contributed by atoms with Crippen molar-refractivity contribution in [1.29, 1.82) is 0 Å². The van der Waals surface area contributed by atoms with Crippen molar-refractivity contribution in [3.05, 3.63) is 18.5 Å². The van der Waals surface area contributed by atoms with E-state index < -0.39 is 32.7 Å². The maximum Gasteiger partial charge on any atom is 0.391 e. The third-order valence-corrected chi connectivity index (χ3v) is 7.36. The summed E-state index contributed by atoms with van der Waals surface area (Å²) in [5.74, 6) is -0.0596. The van der Waals surface area contributed by atoms with Crippen molar-refractivity contribution in [2.75, 3.05) is 25.0 Å². The number of urea groups is 1. The van der Waals surface area contributed by atoms with Crippen LogP contribution in [0.5, 0.6) is 0 Å². The second kappa shape index (κ2) is 10.8. The number of ether oxygens (including phenoxy) is 1. The lowest BCUT2D eigenvalue weighted by Crippen LogP contribution is -2.47. The minimum Gasteiger partial charge on any atom is -0.361 e. The first-order chi connectivity index (χ1) is 15.5. The van der Waals surface area contributed by atoms with Crippen molar-refractivity contribution in [3.8, 4) is 0 Å². The van der Waals surface area contributed by atoms with Crippen molar-refractivity contribution >= 4 is 31.1 Å². The molecular formula is C21H33F3N6O2Si. The highest BCUT2D eigenvalue weighted by atomic mass is 28.3. The predicted octanol–water partition coefficient (Wildman–Crippen LogP) is 4.19. The number of nitrogens with zero attached hydrogens (tertiary/aromatic N) is 3. The van der Waals surface area contributed by atoms with Crippen LogP contribution in [0, 0.1) is 5.92 Å². The molecule has 184 valence electrons. The molecule has 1 aliphatic heterocycles. The van der Waals surface area contributed by atoms with Gasteiger partial charge in [-0.25, -0.2) is 14.8 Å². The molecule has 12 heteroatoms. The van der Waals surface area contributed by atoms with Crippen molar-refractivity contribution in [3.63, 3.8) is 0 Å². The zero-order valence-electron chi connectivity index (χ0n) is 19.3. The summed E-state index contributed by atoms with van der Waals surface area (Å²) in [7, 11) is -1.17. The van der Waals surface area contributed by atoms with Crippen molar-refractivity contribution < 1.29 is 22.7 Å². The summed E-state index contributed by atoms with van der Waals surface area (Å²) < 4.78 is 46.8. The van der Waals surface area contributed by atoms with Crippen LogP contribution in [0.3, 0.4) is 0 Å². The van der Waals surface area contributed by atoms with Gasteiger partial charge < -0.3 is 19.9 Å². The van der Waals surface area contributed by atoms with Crippen LogP contribution in [0.2, 0.25) is 25.7 Å². The SMILES string of the molecule is C[Si](C)(C)CCOCn1ccc2nc(NC(=O)NC(CC(F)(F)F)C3CCNCC3)cnc21. The van der Waals surface area contributed by atoms with E-state index in [0.29, 0.717) is 50.4 Å². The summed E-state index contributed by atoms with van der Waals surface area (Å²) in [6.07, 6.45) is -1.05. The molecular weight excluding hydrogens is 453 g/mol. The lowest BCUT2D eigenvalue weighted by Gasteiger charge is -2.31. The Morgan fingerprint density at radius 3 is 2.73 bits per heavy atom. The van der Waals surface area contributed by atoms with Crippen LogP contribution in [0.25, 0.3) is 11.2 Å². The largest absolute Gasteiger partial charge is 0.391 e. The van der Waals surface area contributed by atoms with E-state index in [0.717, 1.165) is 6.04 Å². The Morgan fingerprint density at radius 1 is 1.33 bits per heavy atom. The third-order valence-electron chi connectivity index (χ3n) is 5.65. The average molecular weight is 487 g/mol. The van der Waals surface area contributed by atoms with E-state index in [1.165, 1.54) is 6.20 Å². The summed E-state index contributed by atoms with van der Waals surface area (Å²) in [4.78, 5) is 21.2. The molecule has 0 radical (unpaired) electrons. The van der Waals surface area contributed by atoms with Gasteiger partial charge in [-0.05, 0) is 44.0 Å². The number of carbonyl (C=O) groups is 1. The van der Waals surface area contributed by atoms with Gasteiger partial charge in [0.2, 0.25) is 0 Å². The van der Waals surface area contributed by atoms with Gasteiger partial charge in [-0.1, -0.05) is 19.6 Å². The summed E-state index contributed by atoms with van der Waals surface area (Å²) in [6.45, 7) is 9.18. The Kier molecular flexibility index (Phi) is 8.35. The van der Waals surface area contributed by atoms with E-state index in [1.54, 1.807) is 12.3 Å². The predicted molar refractivity (Wildman–Crippen MR) is 124 cm³/mol. The molecule has 0 bridgehead atoms. The van der Waals surface area contributed by atoms with Crippen LogP contribution in [-0.4, -0.2) is 60.6 Å². The molecule has 33 heavy (non-hydrogen) atoms. The smallest absolute Gasteiger partial charge is 0.361 e. The van der Waals surface area contributed by atoms with Crippen molar-refractivity contribution in [2.45, 2.75) is 63.9 Å². The van der Waals surface area contributed by atoms with Gasteiger partial charge >= 0.3 is 12.2 Å². The molecule has 0 saturated carbocycles. The van der Waals surface area contributed by atoms with E-state index >= 15 is 0 Å². The Labute approximate surface area is 192 Å². The van der Waals surface area contributed by atoms with Gasteiger partial charge in [-0.2, -0.15) is 13.2 Å². The Hall–Kier alpha value is -2.18. The molecule has 1 fully saturated rings. The zero-order valence-corrected chi connectivity index (χ0v) is 20.3. The third kappa shape index (κ3) is 8.27. The van der Waals surface area contributed by atoms with Crippen LogP contribution >= 0.6 is 0 Å². The number of carbonyl (C=O) groups excluding carboxylic acids is 1. The molecule has 1 aliphatic rings. The van der Waals surface area contributed by atoms with E-state index in [-0.39, 0.29) is 11.7 Å². The van der Waals surface area contributed by atoms with Crippen LogP contribution in [0.15, 0.2) is 18.5 Å². The molecule has 0 spiro atoms. The topological polar surface area (TPSA) is 93.1 Å². The first-order valence-corrected chi connectivity index (χ1v) is 15.0. The number of hydrogen-bond donors (Lipinski definition) is 3. The molecule has 2 aromatic heterocycles. The summed E-state index contributed by atoms with van der Waals surface area (Å²) in [5, 5.41) is 8.16. The van der Waals surface area contributed by atoms with Gasteiger partial charge in [-0.15, -0.1) is 0 Å². The molecule has 1 saturated heterocycles. The average Bonchev–Trinajstić information content (AvgIpc) is 3.12. The minimum absolute atomic E-state index is 0.175. The highest BCUT2D eigenvalue weighted by molar-refractivity contribution is 6.76. The van der Waals surface area contributed by atoms with E-state index in [1.807, 2.05) is 4.57 Å². The summed E-state index contributed by atoms with van der Waals surface area (Å²) >= 11 is 0. The maximum absolute atomic E-state index is 13.1. The molecule has 8 nitrogen and oxygen atoms in total. The molecule has 1 atom stereocenters. The van der Waals surface area contributed by atoms with Crippen LogP contribution in [0.1, 0.15) is 19.3 Å². The lowest BCUT2D eigenvalue weighted by molar-refractivity contribution is -0.142. The Bertz CT molecular complexity index is 925. The van der Waals surface area contributed by atoms with Crippen molar-refractivity contribution in [2.24, 2.45) is 5.92 Å². The molecule has 0 aliphatic carbocycles. The monoisotopic (exact) mass is 486 g/mol. The summed E-state index contributed by atoms with van der Waals surface area (Å²) in [5.41, 5.74) is 1.17. The highest BCUT2D eigenvalue weighted by Gasteiger charge is 2.37. The van der Waals surface area contributed by atoms with Crippen molar-refractivity contribution in [1.82, 2.24) is 25.2 Å². The number of alkyl halides is 3. The molecule has 2 aromatic rings. The highest BCUT2D eigenvalue weighted by Crippen LogP contribution is 2.28.